The normalized spacial score (nSPS) is 17.9. The summed E-state index contributed by atoms with van der Waals surface area (Å²) in [7, 11) is 0. The SMILES string of the molecule is O=C(O)c1c2n(c3cc(NC4CCCCC4)c(F)cc3c1=O)CCCC2. The number of carboxylic acids is 1. The first-order valence-corrected chi connectivity index (χ1v) is 9.45. The third-order valence-corrected chi connectivity index (χ3v) is 5.69. The van der Waals surface area contributed by atoms with E-state index < -0.39 is 17.2 Å². The van der Waals surface area contributed by atoms with E-state index in [9.17, 15) is 19.1 Å². The number of carboxylic acid groups (broad SMARTS) is 1. The van der Waals surface area contributed by atoms with Gasteiger partial charge in [-0.05, 0) is 44.2 Å². The van der Waals surface area contributed by atoms with Crippen molar-refractivity contribution in [3.05, 3.63) is 39.4 Å². The molecule has 0 amide bonds. The van der Waals surface area contributed by atoms with Gasteiger partial charge < -0.3 is 15.0 Å². The number of rotatable bonds is 3. The van der Waals surface area contributed by atoms with E-state index in [0.717, 1.165) is 38.5 Å². The Balaban J connectivity index is 1.88. The molecule has 0 saturated heterocycles. The fraction of sp³-hybridized carbons (Fsp3) is 0.500. The zero-order valence-electron chi connectivity index (χ0n) is 14.7. The standard InChI is InChI=1S/C20H23FN2O3/c21-14-10-13-17(11-15(14)22-12-6-2-1-3-7-12)23-9-5-4-8-16(23)18(19(13)24)20(25)26/h10-12,22H,1-9H2,(H,25,26). The third kappa shape index (κ3) is 2.87. The lowest BCUT2D eigenvalue weighted by molar-refractivity contribution is 0.0693. The minimum atomic E-state index is -1.23. The maximum Gasteiger partial charge on any atom is 0.341 e. The van der Waals surface area contributed by atoms with Crippen LogP contribution in [0.1, 0.15) is 61.0 Å². The van der Waals surface area contributed by atoms with Gasteiger partial charge in [0.25, 0.3) is 0 Å². The van der Waals surface area contributed by atoms with Gasteiger partial charge >= 0.3 is 5.97 Å². The summed E-state index contributed by atoms with van der Waals surface area (Å²) in [6, 6.07) is 3.15. The molecule has 1 aromatic heterocycles. The zero-order chi connectivity index (χ0) is 18.3. The maximum absolute atomic E-state index is 14.7. The summed E-state index contributed by atoms with van der Waals surface area (Å²) in [5.74, 6) is -1.72. The fourth-order valence-electron chi connectivity index (χ4n) is 4.39. The highest BCUT2D eigenvalue weighted by Crippen LogP contribution is 2.29. The van der Waals surface area contributed by atoms with Gasteiger partial charge in [0.05, 0.1) is 11.2 Å². The molecule has 138 valence electrons. The molecule has 0 spiro atoms. The molecule has 0 unspecified atom stereocenters. The topological polar surface area (TPSA) is 71.3 Å². The number of hydrogen-bond acceptors (Lipinski definition) is 3. The average Bonchev–Trinajstić information content (AvgIpc) is 2.64. The first-order chi connectivity index (χ1) is 12.6. The molecule has 0 bridgehead atoms. The van der Waals surface area contributed by atoms with Gasteiger partial charge in [-0.15, -0.1) is 0 Å². The Bertz CT molecular complexity index is 929. The molecule has 26 heavy (non-hydrogen) atoms. The number of aromatic nitrogens is 1. The minimum absolute atomic E-state index is 0.153. The number of aromatic carboxylic acids is 1. The number of benzene rings is 1. The van der Waals surface area contributed by atoms with Gasteiger partial charge in [0, 0.05) is 23.7 Å². The predicted octanol–water partition coefficient (Wildman–Crippen LogP) is 3.92. The molecule has 0 atom stereocenters. The zero-order valence-corrected chi connectivity index (χ0v) is 14.7. The third-order valence-electron chi connectivity index (χ3n) is 5.69. The Morgan fingerprint density at radius 1 is 1.15 bits per heavy atom. The van der Waals surface area contributed by atoms with Crippen LogP contribution in [0.25, 0.3) is 10.9 Å². The molecule has 2 heterocycles. The van der Waals surface area contributed by atoms with Crippen molar-refractivity contribution in [1.29, 1.82) is 0 Å². The van der Waals surface area contributed by atoms with Crippen LogP contribution in [0.3, 0.4) is 0 Å². The number of aryl methyl sites for hydroxylation is 1. The Hall–Kier alpha value is -2.37. The summed E-state index contributed by atoms with van der Waals surface area (Å²) < 4.78 is 16.6. The van der Waals surface area contributed by atoms with Gasteiger partial charge in [-0.3, -0.25) is 4.79 Å². The van der Waals surface area contributed by atoms with E-state index in [1.54, 1.807) is 6.07 Å². The van der Waals surface area contributed by atoms with E-state index in [1.807, 2.05) is 4.57 Å². The lowest BCUT2D eigenvalue weighted by Gasteiger charge is -2.26. The van der Waals surface area contributed by atoms with Gasteiger partial charge in [-0.2, -0.15) is 0 Å². The summed E-state index contributed by atoms with van der Waals surface area (Å²) in [6.07, 6.45) is 7.90. The highest BCUT2D eigenvalue weighted by atomic mass is 19.1. The first kappa shape index (κ1) is 17.1. The molecule has 2 aromatic rings. The second-order valence-corrected chi connectivity index (χ2v) is 7.39. The quantitative estimate of drug-likeness (QED) is 0.872. The molecular weight excluding hydrogens is 335 g/mol. The molecule has 1 aliphatic heterocycles. The second-order valence-electron chi connectivity index (χ2n) is 7.39. The maximum atomic E-state index is 14.7. The molecule has 1 fully saturated rings. The van der Waals surface area contributed by atoms with Crippen LogP contribution in [-0.2, 0) is 13.0 Å². The molecule has 4 rings (SSSR count). The molecule has 1 saturated carbocycles. The number of nitrogens with zero attached hydrogens (tertiary/aromatic N) is 1. The number of carbonyl (C=O) groups is 1. The number of hydrogen-bond donors (Lipinski definition) is 2. The van der Waals surface area contributed by atoms with Crippen molar-refractivity contribution in [2.24, 2.45) is 0 Å². The van der Waals surface area contributed by atoms with Crippen LogP contribution >= 0.6 is 0 Å². The van der Waals surface area contributed by atoms with E-state index in [-0.39, 0.29) is 17.0 Å². The summed E-state index contributed by atoms with van der Waals surface area (Å²) in [5, 5.41) is 13.0. The van der Waals surface area contributed by atoms with Crippen molar-refractivity contribution in [2.45, 2.75) is 64.0 Å². The molecule has 2 aliphatic rings. The van der Waals surface area contributed by atoms with Crippen LogP contribution < -0.4 is 10.7 Å². The van der Waals surface area contributed by atoms with E-state index in [1.165, 1.54) is 12.5 Å². The number of pyridine rings is 1. The van der Waals surface area contributed by atoms with Crippen molar-refractivity contribution >= 4 is 22.6 Å². The van der Waals surface area contributed by atoms with Crippen LogP contribution in [0.15, 0.2) is 16.9 Å². The van der Waals surface area contributed by atoms with Crippen LogP contribution in [0.2, 0.25) is 0 Å². The van der Waals surface area contributed by atoms with Crippen molar-refractivity contribution in [3.63, 3.8) is 0 Å². The predicted molar refractivity (Wildman–Crippen MR) is 98.6 cm³/mol. The van der Waals surface area contributed by atoms with Crippen molar-refractivity contribution in [1.82, 2.24) is 4.57 Å². The largest absolute Gasteiger partial charge is 0.477 e. The van der Waals surface area contributed by atoms with E-state index in [2.05, 4.69) is 5.32 Å². The highest BCUT2D eigenvalue weighted by molar-refractivity contribution is 5.95. The summed E-state index contributed by atoms with van der Waals surface area (Å²) in [5.41, 5.74) is 0.825. The molecule has 1 aliphatic carbocycles. The van der Waals surface area contributed by atoms with Crippen LogP contribution in [0, 0.1) is 5.82 Å². The van der Waals surface area contributed by atoms with Gasteiger partial charge in [-0.1, -0.05) is 19.3 Å². The van der Waals surface area contributed by atoms with Crippen molar-refractivity contribution in [2.75, 3.05) is 5.32 Å². The van der Waals surface area contributed by atoms with Gasteiger partial charge in [0.15, 0.2) is 0 Å². The lowest BCUT2D eigenvalue weighted by Crippen LogP contribution is -2.27. The Kier molecular flexibility index (Phi) is 4.42. The summed E-state index contributed by atoms with van der Waals surface area (Å²) in [6.45, 7) is 0.654. The molecule has 1 aromatic carbocycles. The summed E-state index contributed by atoms with van der Waals surface area (Å²) in [4.78, 5) is 24.3. The first-order valence-electron chi connectivity index (χ1n) is 9.45. The van der Waals surface area contributed by atoms with Gasteiger partial charge in [0.1, 0.15) is 11.4 Å². The van der Waals surface area contributed by atoms with Crippen LogP contribution in [-0.4, -0.2) is 21.7 Å². The van der Waals surface area contributed by atoms with Crippen LogP contribution in [0.5, 0.6) is 0 Å². The van der Waals surface area contributed by atoms with E-state index >= 15 is 0 Å². The van der Waals surface area contributed by atoms with Crippen molar-refractivity contribution < 1.29 is 14.3 Å². The van der Waals surface area contributed by atoms with E-state index in [4.69, 9.17) is 0 Å². The number of anilines is 1. The van der Waals surface area contributed by atoms with Crippen LogP contribution in [0.4, 0.5) is 10.1 Å². The Morgan fingerprint density at radius 3 is 2.65 bits per heavy atom. The highest BCUT2D eigenvalue weighted by Gasteiger charge is 2.25. The van der Waals surface area contributed by atoms with Gasteiger partial charge in [-0.25, -0.2) is 9.18 Å². The number of halogens is 1. The molecule has 2 N–H and O–H groups in total. The molecule has 5 nitrogen and oxygen atoms in total. The van der Waals surface area contributed by atoms with E-state index in [0.29, 0.717) is 29.9 Å². The number of fused-ring (bicyclic) bond motifs is 3. The Labute approximate surface area is 150 Å². The minimum Gasteiger partial charge on any atom is -0.477 e. The molecule has 6 heteroatoms. The smallest absolute Gasteiger partial charge is 0.341 e. The second kappa shape index (κ2) is 6.74. The Morgan fingerprint density at radius 2 is 1.92 bits per heavy atom. The fourth-order valence-corrected chi connectivity index (χ4v) is 4.39. The average molecular weight is 358 g/mol. The molecular formula is C20H23FN2O3. The summed E-state index contributed by atoms with van der Waals surface area (Å²) >= 11 is 0. The number of nitrogens with one attached hydrogen (secondary N) is 1. The van der Waals surface area contributed by atoms with Gasteiger partial charge in [0.2, 0.25) is 5.43 Å². The lowest BCUT2D eigenvalue weighted by atomic mass is 9.95. The van der Waals surface area contributed by atoms with Crippen molar-refractivity contribution in [3.8, 4) is 0 Å². The molecule has 0 radical (unpaired) electrons. The monoisotopic (exact) mass is 358 g/mol.